The van der Waals surface area contributed by atoms with Gasteiger partial charge in [0.15, 0.2) is 0 Å². The smallest absolute Gasteiger partial charge is 0.137 e. The molecule has 0 atom stereocenters. The SMILES string of the molecule is N#Cc1ccccc1OCCOCc1ccc(Br)cc1. The number of halogens is 1. The van der Waals surface area contributed by atoms with E-state index in [2.05, 4.69) is 22.0 Å². The van der Waals surface area contributed by atoms with Crippen LogP contribution in [-0.2, 0) is 11.3 Å². The van der Waals surface area contributed by atoms with Crippen LogP contribution >= 0.6 is 15.9 Å². The Hall–Kier alpha value is -1.83. The standard InChI is InChI=1S/C16H14BrNO2/c17-15-7-5-13(6-8-15)12-19-9-10-20-16-4-2-1-3-14(16)11-18/h1-8H,9-10,12H2. The molecule has 0 aliphatic carbocycles. The molecular weight excluding hydrogens is 318 g/mol. The third-order valence-electron chi connectivity index (χ3n) is 2.67. The van der Waals surface area contributed by atoms with E-state index in [9.17, 15) is 0 Å². The molecule has 0 spiro atoms. The van der Waals surface area contributed by atoms with Crippen LogP contribution in [0.2, 0.25) is 0 Å². The Morgan fingerprint density at radius 3 is 2.50 bits per heavy atom. The Morgan fingerprint density at radius 2 is 1.75 bits per heavy atom. The summed E-state index contributed by atoms with van der Waals surface area (Å²) in [6.07, 6.45) is 0. The highest BCUT2D eigenvalue weighted by Gasteiger charge is 2.01. The van der Waals surface area contributed by atoms with Gasteiger partial charge in [0.05, 0.1) is 18.8 Å². The van der Waals surface area contributed by atoms with Crippen LogP contribution in [0.25, 0.3) is 0 Å². The zero-order valence-corrected chi connectivity index (χ0v) is 12.5. The van der Waals surface area contributed by atoms with Gasteiger partial charge >= 0.3 is 0 Å². The average molecular weight is 332 g/mol. The van der Waals surface area contributed by atoms with Gasteiger partial charge in [-0.2, -0.15) is 5.26 Å². The highest BCUT2D eigenvalue weighted by Crippen LogP contribution is 2.16. The molecule has 0 unspecified atom stereocenters. The summed E-state index contributed by atoms with van der Waals surface area (Å²) < 4.78 is 12.1. The average Bonchev–Trinajstić information content (AvgIpc) is 2.49. The fraction of sp³-hybridized carbons (Fsp3) is 0.188. The van der Waals surface area contributed by atoms with E-state index in [4.69, 9.17) is 14.7 Å². The number of rotatable bonds is 6. The van der Waals surface area contributed by atoms with Gasteiger partial charge in [-0.15, -0.1) is 0 Å². The molecule has 2 rings (SSSR count). The minimum absolute atomic E-state index is 0.426. The number of ether oxygens (including phenoxy) is 2. The minimum Gasteiger partial charge on any atom is -0.490 e. The lowest BCUT2D eigenvalue weighted by atomic mass is 10.2. The van der Waals surface area contributed by atoms with Crippen molar-refractivity contribution in [2.75, 3.05) is 13.2 Å². The van der Waals surface area contributed by atoms with Crippen LogP contribution in [0.5, 0.6) is 5.75 Å². The van der Waals surface area contributed by atoms with Gasteiger partial charge in [0, 0.05) is 4.47 Å². The molecular formula is C16H14BrNO2. The summed E-state index contributed by atoms with van der Waals surface area (Å²) in [4.78, 5) is 0. The normalized spacial score (nSPS) is 10.0. The molecule has 0 aromatic heterocycles. The Kier molecular flexibility index (Phi) is 5.60. The third-order valence-corrected chi connectivity index (χ3v) is 3.20. The van der Waals surface area contributed by atoms with Gasteiger partial charge in [0.2, 0.25) is 0 Å². The van der Waals surface area contributed by atoms with E-state index in [1.807, 2.05) is 36.4 Å². The number of benzene rings is 2. The van der Waals surface area contributed by atoms with Crippen molar-refractivity contribution in [3.05, 3.63) is 64.1 Å². The fourth-order valence-corrected chi connectivity index (χ4v) is 1.93. The van der Waals surface area contributed by atoms with Crippen LogP contribution in [0.1, 0.15) is 11.1 Å². The number of nitriles is 1. The lowest BCUT2D eigenvalue weighted by Gasteiger charge is -2.08. The molecule has 0 saturated heterocycles. The molecule has 0 aliphatic heterocycles. The zero-order valence-electron chi connectivity index (χ0n) is 10.9. The predicted octanol–water partition coefficient (Wildman–Crippen LogP) is 3.92. The van der Waals surface area contributed by atoms with Crippen molar-refractivity contribution < 1.29 is 9.47 Å². The molecule has 0 amide bonds. The summed E-state index contributed by atoms with van der Waals surface area (Å²) in [6, 6.07) is 17.3. The lowest BCUT2D eigenvalue weighted by molar-refractivity contribution is 0.0888. The quantitative estimate of drug-likeness (QED) is 0.753. The number of nitrogens with zero attached hydrogens (tertiary/aromatic N) is 1. The van der Waals surface area contributed by atoms with Crippen LogP contribution in [0.4, 0.5) is 0 Å². The molecule has 0 heterocycles. The molecule has 0 fully saturated rings. The van der Waals surface area contributed by atoms with Gasteiger partial charge < -0.3 is 9.47 Å². The topological polar surface area (TPSA) is 42.2 Å². The molecule has 0 bridgehead atoms. The zero-order chi connectivity index (χ0) is 14.2. The second kappa shape index (κ2) is 7.68. The fourth-order valence-electron chi connectivity index (χ4n) is 1.67. The second-order valence-corrected chi connectivity index (χ2v) is 5.05. The maximum absolute atomic E-state index is 8.93. The van der Waals surface area contributed by atoms with Gasteiger partial charge in [-0.3, -0.25) is 0 Å². The van der Waals surface area contributed by atoms with E-state index in [-0.39, 0.29) is 0 Å². The second-order valence-electron chi connectivity index (χ2n) is 4.14. The van der Waals surface area contributed by atoms with E-state index >= 15 is 0 Å². The van der Waals surface area contributed by atoms with Gasteiger partial charge in [0.25, 0.3) is 0 Å². The highest BCUT2D eigenvalue weighted by atomic mass is 79.9. The molecule has 0 aliphatic rings. The minimum atomic E-state index is 0.426. The van der Waals surface area contributed by atoms with Crippen LogP contribution in [0.3, 0.4) is 0 Å². The highest BCUT2D eigenvalue weighted by molar-refractivity contribution is 9.10. The van der Waals surface area contributed by atoms with E-state index < -0.39 is 0 Å². The summed E-state index contributed by atoms with van der Waals surface area (Å²) in [5.74, 6) is 0.599. The van der Waals surface area contributed by atoms with Gasteiger partial charge in [-0.25, -0.2) is 0 Å². The van der Waals surface area contributed by atoms with Gasteiger partial charge in [-0.05, 0) is 29.8 Å². The van der Waals surface area contributed by atoms with E-state index in [0.717, 1.165) is 10.0 Å². The summed E-state index contributed by atoms with van der Waals surface area (Å²) >= 11 is 3.39. The first-order valence-corrected chi connectivity index (χ1v) is 7.03. The van der Waals surface area contributed by atoms with Crippen LogP contribution in [-0.4, -0.2) is 13.2 Å². The maximum atomic E-state index is 8.93. The van der Waals surface area contributed by atoms with E-state index in [0.29, 0.717) is 31.1 Å². The molecule has 0 radical (unpaired) electrons. The number of hydrogen-bond acceptors (Lipinski definition) is 3. The summed E-state index contributed by atoms with van der Waals surface area (Å²) in [5.41, 5.74) is 1.66. The summed E-state index contributed by atoms with van der Waals surface area (Å²) in [5, 5.41) is 8.93. The van der Waals surface area contributed by atoms with Crippen LogP contribution < -0.4 is 4.74 Å². The Morgan fingerprint density at radius 1 is 1.00 bits per heavy atom. The molecule has 102 valence electrons. The molecule has 3 nitrogen and oxygen atoms in total. The molecule has 2 aromatic carbocycles. The summed E-state index contributed by atoms with van der Waals surface area (Å²) in [7, 11) is 0. The lowest BCUT2D eigenvalue weighted by Crippen LogP contribution is -2.07. The van der Waals surface area contributed by atoms with Gasteiger partial charge in [0.1, 0.15) is 18.4 Å². The van der Waals surface area contributed by atoms with Crippen molar-refractivity contribution in [3.63, 3.8) is 0 Å². The van der Waals surface area contributed by atoms with E-state index in [1.165, 1.54) is 0 Å². The monoisotopic (exact) mass is 331 g/mol. The van der Waals surface area contributed by atoms with Crippen molar-refractivity contribution in [1.29, 1.82) is 5.26 Å². The van der Waals surface area contributed by atoms with Gasteiger partial charge in [-0.1, -0.05) is 40.2 Å². The molecule has 0 saturated carbocycles. The third kappa shape index (κ3) is 4.37. The number of para-hydroxylation sites is 1. The first-order valence-electron chi connectivity index (χ1n) is 6.24. The van der Waals surface area contributed by atoms with Crippen LogP contribution in [0.15, 0.2) is 53.0 Å². The molecule has 2 aromatic rings. The van der Waals surface area contributed by atoms with Crippen molar-refractivity contribution in [3.8, 4) is 11.8 Å². The van der Waals surface area contributed by atoms with Crippen molar-refractivity contribution in [1.82, 2.24) is 0 Å². The van der Waals surface area contributed by atoms with Crippen LogP contribution in [0, 0.1) is 11.3 Å². The molecule has 0 N–H and O–H groups in total. The predicted molar refractivity (Wildman–Crippen MR) is 80.5 cm³/mol. The maximum Gasteiger partial charge on any atom is 0.137 e. The summed E-state index contributed by atoms with van der Waals surface area (Å²) in [6.45, 7) is 1.46. The Labute approximate surface area is 126 Å². The van der Waals surface area contributed by atoms with Crippen molar-refractivity contribution >= 4 is 15.9 Å². The van der Waals surface area contributed by atoms with Crippen molar-refractivity contribution in [2.24, 2.45) is 0 Å². The first kappa shape index (κ1) is 14.6. The number of hydrogen-bond donors (Lipinski definition) is 0. The largest absolute Gasteiger partial charge is 0.490 e. The molecule has 4 heteroatoms. The Balaban J connectivity index is 1.72. The van der Waals surface area contributed by atoms with Crippen molar-refractivity contribution in [2.45, 2.75) is 6.61 Å². The molecule has 20 heavy (non-hydrogen) atoms. The Bertz CT molecular complexity index is 590. The first-order chi connectivity index (χ1) is 9.79. The van der Waals surface area contributed by atoms with E-state index in [1.54, 1.807) is 12.1 Å².